The van der Waals surface area contributed by atoms with E-state index in [1.165, 1.54) is 22.0 Å². The van der Waals surface area contributed by atoms with Crippen LogP contribution in [0.15, 0.2) is 75.7 Å². The average molecular weight is 433 g/mol. The second kappa shape index (κ2) is 7.24. The first kappa shape index (κ1) is 19.8. The second-order valence-electron chi connectivity index (χ2n) is 8.82. The number of carbonyl (C=O) groups excluding carboxylic acids is 1. The third-order valence-electron chi connectivity index (χ3n) is 5.79. The molecule has 2 aliphatic rings. The van der Waals surface area contributed by atoms with E-state index in [1.807, 2.05) is 50.3 Å². The normalized spacial score (nSPS) is 20.3. The third-order valence-corrected chi connectivity index (χ3v) is 6.78. The average Bonchev–Trinajstić information content (AvgIpc) is 3.02. The van der Waals surface area contributed by atoms with E-state index in [0.717, 1.165) is 5.56 Å². The first-order valence-electron chi connectivity index (χ1n) is 10.2. The summed E-state index contributed by atoms with van der Waals surface area (Å²) < 4.78 is 16.9. The molecule has 0 spiro atoms. The van der Waals surface area contributed by atoms with E-state index in [0.29, 0.717) is 39.0 Å². The van der Waals surface area contributed by atoms with Crippen molar-refractivity contribution in [2.24, 2.45) is 10.4 Å². The number of benzene rings is 2. The number of fused-ring (bicyclic) bond motifs is 1. The van der Waals surface area contributed by atoms with Crippen LogP contribution in [-0.2, 0) is 4.79 Å². The van der Waals surface area contributed by atoms with Crippen molar-refractivity contribution in [2.75, 3.05) is 0 Å². The standard InChI is InChI=1S/C25H21FN2O2S/c1-25(2)13-18-21(19(29)14-25)22(16-10-6-7-11-17(16)26)28-23(30)20(31-24(28)27-18)12-15-8-4-3-5-9-15/h3-12,22H,13-14H2,1-2H3. The molecule has 3 aromatic rings. The fraction of sp³-hybridized carbons (Fsp3) is 0.240. The van der Waals surface area contributed by atoms with E-state index in [-0.39, 0.29) is 16.8 Å². The number of thiazole rings is 1. The minimum Gasteiger partial charge on any atom is -0.294 e. The minimum absolute atomic E-state index is 0.0689. The molecule has 1 unspecified atom stereocenters. The van der Waals surface area contributed by atoms with Crippen molar-refractivity contribution in [1.29, 1.82) is 0 Å². The maximum Gasteiger partial charge on any atom is 0.271 e. The fourth-order valence-electron chi connectivity index (χ4n) is 4.44. The van der Waals surface area contributed by atoms with Gasteiger partial charge in [-0.15, -0.1) is 0 Å². The van der Waals surface area contributed by atoms with Gasteiger partial charge in [0.1, 0.15) is 5.82 Å². The first-order valence-corrected chi connectivity index (χ1v) is 11.0. The molecule has 1 atom stereocenters. The summed E-state index contributed by atoms with van der Waals surface area (Å²) in [5, 5.41) is 0. The van der Waals surface area contributed by atoms with E-state index in [4.69, 9.17) is 4.99 Å². The molecule has 6 heteroatoms. The molecule has 2 aromatic carbocycles. The lowest BCUT2D eigenvalue weighted by molar-refractivity contribution is -0.118. The molecular formula is C25H21FN2O2S. The number of hydrogen-bond acceptors (Lipinski definition) is 4. The predicted octanol–water partition coefficient (Wildman–Crippen LogP) is 3.74. The van der Waals surface area contributed by atoms with Crippen molar-refractivity contribution in [3.8, 4) is 0 Å². The van der Waals surface area contributed by atoms with Crippen molar-refractivity contribution in [2.45, 2.75) is 32.7 Å². The van der Waals surface area contributed by atoms with Crippen LogP contribution in [0.5, 0.6) is 0 Å². The number of nitrogens with zero attached hydrogens (tertiary/aromatic N) is 2. The summed E-state index contributed by atoms with van der Waals surface area (Å²) in [5.74, 6) is -0.503. The van der Waals surface area contributed by atoms with Gasteiger partial charge in [-0.25, -0.2) is 9.38 Å². The molecule has 1 aliphatic heterocycles. The number of hydrogen-bond donors (Lipinski definition) is 0. The summed E-state index contributed by atoms with van der Waals surface area (Å²) in [7, 11) is 0. The zero-order chi connectivity index (χ0) is 21.8. The Kier molecular flexibility index (Phi) is 4.63. The molecule has 0 fully saturated rings. The Morgan fingerprint density at radius 1 is 1.06 bits per heavy atom. The zero-order valence-corrected chi connectivity index (χ0v) is 18.1. The summed E-state index contributed by atoms with van der Waals surface area (Å²) in [5.41, 5.74) is 1.86. The lowest BCUT2D eigenvalue weighted by atomic mass is 9.73. The molecular weight excluding hydrogens is 411 g/mol. The van der Waals surface area contributed by atoms with Crippen LogP contribution in [-0.4, -0.2) is 10.4 Å². The van der Waals surface area contributed by atoms with Gasteiger partial charge in [-0.2, -0.15) is 0 Å². The molecule has 1 aliphatic carbocycles. The Hall–Kier alpha value is -3.12. The molecule has 4 nitrogen and oxygen atoms in total. The molecule has 31 heavy (non-hydrogen) atoms. The highest BCUT2D eigenvalue weighted by Crippen LogP contribution is 2.43. The number of allylic oxidation sites excluding steroid dienone is 2. The van der Waals surface area contributed by atoms with E-state index >= 15 is 0 Å². The van der Waals surface area contributed by atoms with E-state index in [9.17, 15) is 14.0 Å². The number of ketones is 1. The van der Waals surface area contributed by atoms with Crippen LogP contribution >= 0.6 is 11.3 Å². The lowest BCUT2D eigenvalue weighted by Crippen LogP contribution is -2.42. The van der Waals surface area contributed by atoms with E-state index in [2.05, 4.69) is 0 Å². The molecule has 2 heterocycles. The van der Waals surface area contributed by atoms with Gasteiger partial charge in [0.15, 0.2) is 10.6 Å². The van der Waals surface area contributed by atoms with Gasteiger partial charge in [0.2, 0.25) is 0 Å². The van der Waals surface area contributed by atoms with Crippen LogP contribution in [0.2, 0.25) is 0 Å². The largest absolute Gasteiger partial charge is 0.294 e. The number of halogens is 1. The smallest absolute Gasteiger partial charge is 0.271 e. The molecule has 156 valence electrons. The number of aromatic nitrogens is 1. The third kappa shape index (κ3) is 3.41. The van der Waals surface area contributed by atoms with Crippen molar-refractivity contribution < 1.29 is 9.18 Å². The maximum atomic E-state index is 14.9. The molecule has 0 bridgehead atoms. The van der Waals surface area contributed by atoms with E-state index in [1.54, 1.807) is 18.2 Å². The quantitative estimate of drug-likeness (QED) is 0.619. The molecule has 0 radical (unpaired) electrons. The Labute approximate surface area is 182 Å². The number of Topliss-reactive ketones (excluding diaryl/α,β-unsaturated/α-hetero) is 1. The summed E-state index contributed by atoms with van der Waals surface area (Å²) in [6.07, 6.45) is 2.78. The second-order valence-corrected chi connectivity index (χ2v) is 9.83. The fourth-order valence-corrected chi connectivity index (χ4v) is 5.46. The minimum atomic E-state index is -0.797. The highest BCUT2D eigenvalue weighted by Gasteiger charge is 2.41. The number of rotatable bonds is 2. The lowest BCUT2D eigenvalue weighted by Gasteiger charge is -2.35. The van der Waals surface area contributed by atoms with Gasteiger partial charge in [0.25, 0.3) is 5.56 Å². The Morgan fingerprint density at radius 2 is 1.77 bits per heavy atom. The topological polar surface area (TPSA) is 51.4 Å². The van der Waals surface area contributed by atoms with Gasteiger partial charge in [-0.05, 0) is 29.5 Å². The Bertz CT molecular complexity index is 1410. The maximum absolute atomic E-state index is 14.9. The Morgan fingerprint density at radius 3 is 2.52 bits per heavy atom. The van der Waals surface area contributed by atoms with Gasteiger partial charge >= 0.3 is 0 Å². The summed E-state index contributed by atoms with van der Waals surface area (Å²) in [6.45, 7) is 4.07. The van der Waals surface area contributed by atoms with Crippen LogP contribution in [0.1, 0.15) is 43.9 Å². The molecule has 5 rings (SSSR count). The highest BCUT2D eigenvalue weighted by atomic mass is 32.1. The van der Waals surface area contributed by atoms with Crippen molar-refractivity contribution >= 4 is 23.2 Å². The van der Waals surface area contributed by atoms with Gasteiger partial charge < -0.3 is 0 Å². The SMILES string of the molecule is CC1(C)CC(=O)C2=C(C1)N=c1sc(=Cc3ccccc3)c(=O)n1C2c1ccccc1F. The molecule has 0 saturated carbocycles. The zero-order valence-electron chi connectivity index (χ0n) is 17.3. The molecule has 0 amide bonds. The molecule has 0 saturated heterocycles. The van der Waals surface area contributed by atoms with E-state index < -0.39 is 11.9 Å². The summed E-state index contributed by atoms with van der Waals surface area (Å²) in [6, 6.07) is 15.1. The van der Waals surface area contributed by atoms with Gasteiger partial charge in [-0.3, -0.25) is 14.2 Å². The number of carbonyl (C=O) groups is 1. The highest BCUT2D eigenvalue weighted by molar-refractivity contribution is 7.07. The Balaban J connectivity index is 1.81. The summed E-state index contributed by atoms with van der Waals surface area (Å²) >= 11 is 1.28. The molecule has 1 aromatic heterocycles. The summed E-state index contributed by atoms with van der Waals surface area (Å²) in [4.78, 5) is 31.9. The first-order chi connectivity index (χ1) is 14.8. The van der Waals surface area contributed by atoms with Crippen molar-refractivity contribution in [3.05, 3.63) is 102 Å². The molecule has 0 N–H and O–H groups in total. The van der Waals surface area contributed by atoms with Crippen molar-refractivity contribution in [1.82, 2.24) is 4.57 Å². The van der Waals surface area contributed by atoms with Crippen LogP contribution in [0.3, 0.4) is 0 Å². The van der Waals surface area contributed by atoms with Crippen molar-refractivity contribution in [3.63, 3.8) is 0 Å². The van der Waals surface area contributed by atoms with Gasteiger partial charge in [-0.1, -0.05) is 73.7 Å². The predicted molar refractivity (Wildman–Crippen MR) is 119 cm³/mol. The monoisotopic (exact) mass is 432 g/mol. The van der Waals surface area contributed by atoms with Gasteiger partial charge in [0.05, 0.1) is 16.3 Å². The van der Waals surface area contributed by atoms with Crippen LogP contribution in [0.4, 0.5) is 4.39 Å². The van der Waals surface area contributed by atoms with Crippen LogP contribution in [0, 0.1) is 11.2 Å². The van der Waals surface area contributed by atoms with Gasteiger partial charge in [0, 0.05) is 17.6 Å². The van der Waals surface area contributed by atoms with Crippen LogP contribution < -0.4 is 14.9 Å². The van der Waals surface area contributed by atoms with Crippen LogP contribution in [0.25, 0.3) is 6.08 Å².